The third-order valence-electron chi connectivity index (χ3n) is 4.10. The molecule has 1 fully saturated rings. The molecule has 2 heterocycles. The summed E-state index contributed by atoms with van der Waals surface area (Å²) in [5.74, 6) is 0.604. The van der Waals surface area contributed by atoms with Crippen LogP contribution in [0.4, 0.5) is 14.5 Å². The SMILES string of the molecule is CCOCC(N)=O.COc1cc(Oc2cnc(C(F)F)nc2)cc(N2CCCC2)c1. The molecular formula is C20H26F2N4O4. The third kappa shape index (κ3) is 7.43. The van der Waals surface area contributed by atoms with Gasteiger partial charge in [-0.15, -0.1) is 0 Å². The molecule has 2 N–H and O–H groups in total. The van der Waals surface area contributed by atoms with Gasteiger partial charge >= 0.3 is 0 Å². The quantitative estimate of drug-likeness (QED) is 0.694. The number of anilines is 1. The molecule has 1 aromatic heterocycles. The van der Waals surface area contributed by atoms with Crippen LogP contribution in [0.25, 0.3) is 0 Å². The number of amides is 1. The molecule has 1 saturated heterocycles. The summed E-state index contributed by atoms with van der Waals surface area (Å²) in [7, 11) is 1.59. The Balaban J connectivity index is 0.000000396. The van der Waals surface area contributed by atoms with Crippen molar-refractivity contribution in [2.45, 2.75) is 26.2 Å². The Morgan fingerprint density at radius 1 is 1.13 bits per heavy atom. The number of carbonyl (C=O) groups excluding carboxylic acids is 1. The molecule has 10 heteroatoms. The molecule has 164 valence electrons. The Labute approximate surface area is 174 Å². The van der Waals surface area contributed by atoms with E-state index in [1.807, 2.05) is 19.1 Å². The number of primary amides is 1. The normalized spacial score (nSPS) is 13.0. The largest absolute Gasteiger partial charge is 0.497 e. The van der Waals surface area contributed by atoms with E-state index in [9.17, 15) is 13.6 Å². The van der Waals surface area contributed by atoms with E-state index in [2.05, 4.69) is 19.6 Å². The van der Waals surface area contributed by atoms with Gasteiger partial charge in [0.25, 0.3) is 6.43 Å². The van der Waals surface area contributed by atoms with Gasteiger partial charge in [-0.25, -0.2) is 18.7 Å². The predicted molar refractivity (Wildman–Crippen MR) is 107 cm³/mol. The zero-order valence-corrected chi connectivity index (χ0v) is 17.0. The number of halogens is 2. The lowest BCUT2D eigenvalue weighted by molar-refractivity contribution is -0.122. The Morgan fingerprint density at radius 2 is 1.77 bits per heavy atom. The van der Waals surface area contributed by atoms with E-state index in [1.165, 1.54) is 12.4 Å². The van der Waals surface area contributed by atoms with Gasteiger partial charge in [0.15, 0.2) is 11.6 Å². The van der Waals surface area contributed by atoms with Crippen molar-refractivity contribution in [3.05, 3.63) is 36.4 Å². The van der Waals surface area contributed by atoms with Gasteiger partial charge in [-0.3, -0.25) is 4.79 Å². The van der Waals surface area contributed by atoms with Crippen LogP contribution in [0.5, 0.6) is 17.2 Å². The number of methoxy groups -OCH3 is 1. The lowest BCUT2D eigenvalue weighted by atomic mass is 10.2. The number of hydrogen-bond acceptors (Lipinski definition) is 7. The van der Waals surface area contributed by atoms with Crippen LogP contribution >= 0.6 is 0 Å². The highest BCUT2D eigenvalue weighted by atomic mass is 19.3. The van der Waals surface area contributed by atoms with Crippen molar-refractivity contribution in [1.29, 1.82) is 0 Å². The van der Waals surface area contributed by atoms with E-state index < -0.39 is 18.2 Å². The van der Waals surface area contributed by atoms with Crippen LogP contribution in [0.2, 0.25) is 0 Å². The number of aromatic nitrogens is 2. The second kappa shape index (κ2) is 11.9. The molecule has 0 unspecified atom stereocenters. The van der Waals surface area contributed by atoms with Crippen LogP contribution in [0.15, 0.2) is 30.6 Å². The van der Waals surface area contributed by atoms with Crippen molar-refractivity contribution in [1.82, 2.24) is 9.97 Å². The average molecular weight is 424 g/mol. The minimum atomic E-state index is -2.69. The van der Waals surface area contributed by atoms with Crippen LogP contribution < -0.4 is 20.1 Å². The molecule has 1 aliphatic heterocycles. The maximum absolute atomic E-state index is 12.5. The number of nitrogens with zero attached hydrogens (tertiary/aromatic N) is 3. The number of ether oxygens (including phenoxy) is 3. The predicted octanol–water partition coefficient (Wildman–Crippen LogP) is 3.32. The topological polar surface area (TPSA) is 99.8 Å². The van der Waals surface area contributed by atoms with Gasteiger partial charge in [0.1, 0.15) is 18.1 Å². The van der Waals surface area contributed by atoms with Crippen molar-refractivity contribution in [2.24, 2.45) is 5.73 Å². The molecule has 30 heavy (non-hydrogen) atoms. The van der Waals surface area contributed by atoms with Crippen LogP contribution in [0.1, 0.15) is 32.0 Å². The molecule has 1 aliphatic rings. The van der Waals surface area contributed by atoms with E-state index in [-0.39, 0.29) is 6.61 Å². The maximum Gasteiger partial charge on any atom is 0.297 e. The number of alkyl halides is 2. The summed E-state index contributed by atoms with van der Waals surface area (Å²) in [4.78, 5) is 19.3. The molecule has 0 bridgehead atoms. The van der Waals surface area contributed by atoms with Gasteiger partial charge in [0.05, 0.1) is 19.5 Å². The first kappa shape index (κ1) is 23.3. The van der Waals surface area contributed by atoms with Crippen molar-refractivity contribution in [3.8, 4) is 17.2 Å². The zero-order chi connectivity index (χ0) is 21.9. The molecule has 0 spiro atoms. The molecule has 1 amide bonds. The van der Waals surface area contributed by atoms with Crippen LogP contribution in [0, 0.1) is 0 Å². The summed E-state index contributed by atoms with van der Waals surface area (Å²) >= 11 is 0. The molecule has 0 aliphatic carbocycles. The number of hydrogen-bond donors (Lipinski definition) is 1. The summed E-state index contributed by atoms with van der Waals surface area (Å²) in [6.07, 6.45) is 2.11. The first-order valence-electron chi connectivity index (χ1n) is 9.51. The Bertz CT molecular complexity index is 800. The van der Waals surface area contributed by atoms with Crippen molar-refractivity contribution < 1.29 is 27.8 Å². The Morgan fingerprint density at radius 3 is 2.27 bits per heavy atom. The van der Waals surface area contributed by atoms with Gasteiger partial charge in [0.2, 0.25) is 5.91 Å². The highest BCUT2D eigenvalue weighted by molar-refractivity contribution is 5.74. The second-order valence-electron chi connectivity index (χ2n) is 6.34. The number of benzene rings is 1. The van der Waals surface area contributed by atoms with Crippen LogP contribution in [-0.2, 0) is 9.53 Å². The molecule has 2 aromatic rings. The summed E-state index contributed by atoms with van der Waals surface area (Å²) in [6.45, 7) is 4.39. The van der Waals surface area contributed by atoms with Gasteiger partial charge in [0, 0.05) is 43.6 Å². The maximum atomic E-state index is 12.5. The van der Waals surface area contributed by atoms with Crippen molar-refractivity contribution >= 4 is 11.6 Å². The van der Waals surface area contributed by atoms with E-state index in [4.69, 9.17) is 15.2 Å². The lowest BCUT2D eigenvalue weighted by Gasteiger charge is -2.19. The number of nitrogens with two attached hydrogens (primary N) is 1. The summed E-state index contributed by atoms with van der Waals surface area (Å²) in [5, 5.41) is 0. The van der Waals surface area contributed by atoms with Gasteiger partial charge in [-0.1, -0.05) is 0 Å². The van der Waals surface area contributed by atoms with E-state index >= 15 is 0 Å². The molecular weight excluding hydrogens is 398 g/mol. The summed E-state index contributed by atoms with van der Waals surface area (Å²) in [5.41, 5.74) is 5.73. The molecule has 3 rings (SSSR count). The standard InChI is InChI=1S/C16H17F2N3O2.C4H9NO2/c1-22-12-6-11(21-4-2-3-5-21)7-13(8-12)23-14-9-19-16(15(17)18)20-10-14;1-2-7-3-4(5)6/h6-10,15H,2-5H2,1H3;2-3H2,1H3,(H2,5,6). The van der Waals surface area contributed by atoms with Gasteiger partial charge in [-0.2, -0.15) is 0 Å². The van der Waals surface area contributed by atoms with Crippen molar-refractivity contribution in [2.75, 3.05) is 38.3 Å². The van der Waals surface area contributed by atoms with Crippen LogP contribution in [0.3, 0.4) is 0 Å². The molecule has 0 atom stereocenters. The van der Waals surface area contributed by atoms with E-state index in [1.54, 1.807) is 13.2 Å². The Hall–Kier alpha value is -3.01. The number of rotatable bonds is 8. The smallest absolute Gasteiger partial charge is 0.297 e. The third-order valence-corrected chi connectivity index (χ3v) is 4.10. The first-order valence-corrected chi connectivity index (χ1v) is 9.51. The minimum absolute atomic E-state index is 0.0382. The van der Waals surface area contributed by atoms with Crippen LogP contribution in [-0.4, -0.2) is 49.3 Å². The molecule has 0 saturated carbocycles. The average Bonchev–Trinajstić information content (AvgIpc) is 3.28. The summed E-state index contributed by atoms with van der Waals surface area (Å²) in [6, 6.07) is 5.59. The highest BCUT2D eigenvalue weighted by Gasteiger charge is 2.15. The zero-order valence-electron chi connectivity index (χ0n) is 17.0. The fraction of sp³-hybridized carbons (Fsp3) is 0.450. The van der Waals surface area contributed by atoms with Gasteiger partial charge in [-0.05, 0) is 19.8 Å². The van der Waals surface area contributed by atoms with Crippen molar-refractivity contribution in [3.63, 3.8) is 0 Å². The van der Waals surface area contributed by atoms with E-state index in [0.29, 0.717) is 23.9 Å². The Kier molecular flexibility index (Phi) is 9.20. The monoisotopic (exact) mass is 424 g/mol. The number of carbonyl (C=O) groups is 1. The molecule has 0 radical (unpaired) electrons. The highest BCUT2D eigenvalue weighted by Crippen LogP contribution is 2.32. The molecule has 8 nitrogen and oxygen atoms in total. The fourth-order valence-corrected chi connectivity index (χ4v) is 2.72. The fourth-order valence-electron chi connectivity index (χ4n) is 2.72. The molecule has 1 aromatic carbocycles. The minimum Gasteiger partial charge on any atom is -0.497 e. The lowest BCUT2D eigenvalue weighted by Crippen LogP contribution is -2.17. The summed E-state index contributed by atoms with van der Waals surface area (Å²) < 4.78 is 40.5. The van der Waals surface area contributed by atoms with E-state index in [0.717, 1.165) is 31.6 Å². The second-order valence-corrected chi connectivity index (χ2v) is 6.34. The first-order chi connectivity index (χ1) is 14.4. The van der Waals surface area contributed by atoms with Gasteiger partial charge < -0.3 is 24.8 Å².